The number of fused-ring (bicyclic) bond motifs is 2. The molecular weight excluding hydrogens is 512 g/mol. The lowest BCUT2D eigenvalue weighted by Crippen LogP contribution is -2.31. The fourth-order valence-corrected chi connectivity index (χ4v) is 5.36. The molecule has 0 aliphatic carbocycles. The Morgan fingerprint density at radius 3 is 1.85 bits per heavy atom. The van der Waals surface area contributed by atoms with Crippen molar-refractivity contribution in [3.63, 3.8) is 0 Å². The van der Waals surface area contributed by atoms with E-state index in [1.54, 1.807) is 13.2 Å². The molecule has 40 heavy (non-hydrogen) atoms. The number of methoxy groups -OCH3 is 1. The molecule has 0 unspecified atom stereocenters. The first-order valence-electron chi connectivity index (χ1n) is 13.1. The van der Waals surface area contributed by atoms with E-state index < -0.39 is 0 Å². The topological polar surface area (TPSA) is 94.6 Å². The lowest BCUT2D eigenvalue weighted by molar-refractivity contribution is 0.0787. The van der Waals surface area contributed by atoms with E-state index in [2.05, 4.69) is 9.80 Å². The molecule has 9 nitrogen and oxygen atoms in total. The van der Waals surface area contributed by atoms with Crippen molar-refractivity contribution in [2.75, 3.05) is 20.6 Å². The summed E-state index contributed by atoms with van der Waals surface area (Å²) in [7, 11) is 1.57. The van der Waals surface area contributed by atoms with Crippen molar-refractivity contribution in [1.82, 2.24) is 9.80 Å². The van der Waals surface area contributed by atoms with Crippen molar-refractivity contribution in [1.29, 1.82) is 0 Å². The van der Waals surface area contributed by atoms with Crippen LogP contribution in [-0.2, 0) is 32.6 Å². The third-order valence-corrected chi connectivity index (χ3v) is 7.13. The fraction of sp³-hybridized carbons (Fsp3) is 0.290. The molecule has 2 aromatic carbocycles. The molecule has 2 aliphatic rings. The summed E-state index contributed by atoms with van der Waals surface area (Å²) in [5, 5.41) is 0. The van der Waals surface area contributed by atoms with Gasteiger partial charge in [0.2, 0.25) is 0 Å². The minimum Gasteiger partial charge on any atom is -0.493 e. The molecule has 0 fully saturated rings. The largest absolute Gasteiger partial charge is 0.493 e. The number of furan rings is 2. The van der Waals surface area contributed by atoms with E-state index in [-0.39, 0.29) is 0 Å². The molecule has 2 aromatic heterocycles. The summed E-state index contributed by atoms with van der Waals surface area (Å²) in [5.41, 5.74) is 4.10. The lowest BCUT2D eigenvalue weighted by Gasteiger charge is -2.29. The van der Waals surface area contributed by atoms with Gasteiger partial charge in [0.15, 0.2) is 11.5 Å². The Bertz CT molecular complexity index is 1550. The molecule has 2 aliphatic heterocycles. The molecule has 6 rings (SSSR count). The number of hydrogen-bond donors (Lipinski definition) is 0. The number of aryl methyl sites for hydroxylation is 1. The molecule has 206 valence electrons. The van der Waals surface area contributed by atoms with Gasteiger partial charge in [0.25, 0.3) is 0 Å². The van der Waals surface area contributed by atoms with E-state index in [9.17, 15) is 9.59 Å². The summed E-state index contributed by atoms with van der Waals surface area (Å²) in [4.78, 5) is 26.8. The normalized spacial score (nSPS) is 15.1. The van der Waals surface area contributed by atoms with Crippen LogP contribution < -0.4 is 14.2 Å². The van der Waals surface area contributed by atoms with Crippen LogP contribution in [0, 0.1) is 6.92 Å². The number of benzene rings is 2. The van der Waals surface area contributed by atoms with Crippen LogP contribution in [0.15, 0.2) is 57.4 Å². The monoisotopic (exact) mass is 542 g/mol. The number of rotatable bonds is 9. The van der Waals surface area contributed by atoms with Gasteiger partial charge >= 0.3 is 0 Å². The predicted octanol–water partition coefficient (Wildman–Crippen LogP) is 5.11. The Morgan fingerprint density at radius 2 is 1.27 bits per heavy atom. The van der Waals surface area contributed by atoms with Gasteiger partial charge in [0.05, 0.1) is 26.6 Å². The van der Waals surface area contributed by atoms with Crippen LogP contribution in [0.1, 0.15) is 60.4 Å². The SMILES string of the molecule is COc1cc(C=O)cc2c1OCN(Cc1ccc(Cc3ccc(CN4COc5c(C)cc(C=O)cc5C4)o3)o1)C2. The van der Waals surface area contributed by atoms with Crippen molar-refractivity contribution in [3.8, 4) is 17.2 Å². The molecule has 0 atom stereocenters. The third kappa shape index (κ3) is 5.38. The van der Waals surface area contributed by atoms with Crippen molar-refractivity contribution in [3.05, 3.63) is 99.4 Å². The van der Waals surface area contributed by atoms with Gasteiger partial charge < -0.3 is 23.0 Å². The molecule has 0 saturated carbocycles. The standard InChI is InChI=1S/C31H30N2O7/c1-20-7-21(16-34)8-23-12-32(18-37-30(20)23)14-27-5-3-25(39-27)11-26-4-6-28(40-26)15-33-13-24-9-22(17-35)10-29(36-2)31(24)38-19-33/h3-10,16-17H,11-15,18-19H2,1-2H3. The molecule has 0 saturated heterocycles. The molecular formula is C31H30N2O7. The lowest BCUT2D eigenvalue weighted by atomic mass is 10.0. The number of carbonyl (C=O) groups excluding carboxylic acids is 2. The van der Waals surface area contributed by atoms with Crippen LogP contribution in [0.2, 0.25) is 0 Å². The highest BCUT2D eigenvalue weighted by Crippen LogP contribution is 2.36. The Morgan fingerprint density at radius 1 is 0.750 bits per heavy atom. The van der Waals surface area contributed by atoms with Crippen molar-refractivity contribution < 1.29 is 32.6 Å². The van der Waals surface area contributed by atoms with Crippen molar-refractivity contribution in [2.45, 2.75) is 39.5 Å². The second-order valence-corrected chi connectivity index (χ2v) is 10.2. The zero-order valence-electron chi connectivity index (χ0n) is 22.5. The van der Waals surface area contributed by atoms with E-state index in [0.29, 0.717) is 68.7 Å². The van der Waals surface area contributed by atoms with Gasteiger partial charge in [-0.2, -0.15) is 0 Å². The second kappa shape index (κ2) is 11.0. The van der Waals surface area contributed by atoms with E-state index in [1.165, 1.54) is 0 Å². The van der Waals surface area contributed by atoms with Crippen LogP contribution >= 0.6 is 0 Å². The molecule has 4 aromatic rings. The minimum atomic E-state index is 0.391. The van der Waals surface area contributed by atoms with E-state index in [4.69, 9.17) is 23.0 Å². The summed E-state index contributed by atoms with van der Waals surface area (Å²) in [5.74, 6) is 5.40. The number of hydrogen-bond acceptors (Lipinski definition) is 9. The second-order valence-electron chi connectivity index (χ2n) is 10.2. The summed E-state index contributed by atoms with van der Waals surface area (Å²) in [6.07, 6.45) is 2.22. The molecule has 0 amide bonds. The average molecular weight is 543 g/mol. The van der Waals surface area contributed by atoms with Gasteiger partial charge in [-0.05, 0) is 61.0 Å². The Balaban J connectivity index is 1.05. The van der Waals surface area contributed by atoms with Crippen molar-refractivity contribution >= 4 is 12.6 Å². The Kier molecular flexibility index (Phi) is 7.15. The van der Waals surface area contributed by atoms with Gasteiger partial charge in [-0.15, -0.1) is 0 Å². The van der Waals surface area contributed by atoms with Gasteiger partial charge in [0, 0.05) is 35.3 Å². The van der Waals surface area contributed by atoms with Gasteiger partial charge in [0.1, 0.15) is 54.8 Å². The van der Waals surface area contributed by atoms with Crippen molar-refractivity contribution in [2.24, 2.45) is 0 Å². The first kappa shape index (κ1) is 25.9. The molecule has 0 bridgehead atoms. The number of aldehydes is 2. The fourth-order valence-electron chi connectivity index (χ4n) is 5.36. The van der Waals surface area contributed by atoms with Crippen LogP contribution in [0.3, 0.4) is 0 Å². The zero-order valence-corrected chi connectivity index (χ0v) is 22.5. The van der Waals surface area contributed by atoms with Crippen LogP contribution in [0.25, 0.3) is 0 Å². The minimum absolute atomic E-state index is 0.391. The predicted molar refractivity (Wildman–Crippen MR) is 145 cm³/mol. The van der Waals surface area contributed by atoms with E-state index in [1.807, 2.05) is 49.4 Å². The number of ether oxygens (including phenoxy) is 3. The van der Waals surface area contributed by atoms with Gasteiger partial charge in [-0.25, -0.2) is 0 Å². The number of nitrogens with zero attached hydrogens (tertiary/aromatic N) is 2. The molecule has 4 heterocycles. The summed E-state index contributed by atoms with van der Waals surface area (Å²) in [6.45, 7) is 5.27. The highest BCUT2D eigenvalue weighted by Gasteiger charge is 2.24. The van der Waals surface area contributed by atoms with E-state index in [0.717, 1.165) is 58.1 Å². The maximum absolute atomic E-state index is 11.3. The molecule has 9 heteroatoms. The quantitative estimate of drug-likeness (QED) is 0.268. The maximum atomic E-state index is 11.3. The third-order valence-electron chi connectivity index (χ3n) is 7.13. The average Bonchev–Trinajstić information content (AvgIpc) is 3.60. The Hall–Kier alpha value is -4.34. The summed E-state index contributed by atoms with van der Waals surface area (Å²) in [6, 6.07) is 15.1. The molecule has 0 radical (unpaired) electrons. The maximum Gasteiger partial charge on any atom is 0.167 e. The highest BCUT2D eigenvalue weighted by atomic mass is 16.5. The van der Waals surface area contributed by atoms with Gasteiger partial charge in [-0.3, -0.25) is 19.4 Å². The Labute approximate surface area is 231 Å². The van der Waals surface area contributed by atoms with E-state index >= 15 is 0 Å². The van der Waals surface area contributed by atoms with Crippen LogP contribution in [-0.4, -0.2) is 42.9 Å². The zero-order chi connectivity index (χ0) is 27.6. The summed E-state index contributed by atoms with van der Waals surface area (Å²) < 4.78 is 29.5. The molecule has 0 N–H and O–H groups in total. The first-order valence-corrected chi connectivity index (χ1v) is 13.1. The highest BCUT2D eigenvalue weighted by molar-refractivity contribution is 5.77. The molecule has 0 spiro atoms. The van der Waals surface area contributed by atoms with Crippen LogP contribution in [0.4, 0.5) is 0 Å². The smallest absolute Gasteiger partial charge is 0.167 e. The number of carbonyl (C=O) groups is 2. The summed E-state index contributed by atoms with van der Waals surface area (Å²) >= 11 is 0. The first-order chi connectivity index (χ1) is 19.5. The van der Waals surface area contributed by atoms with Crippen LogP contribution in [0.5, 0.6) is 17.2 Å². The van der Waals surface area contributed by atoms with Gasteiger partial charge in [-0.1, -0.05) is 0 Å².